The first-order valence-corrected chi connectivity index (χ1v) is 9.26. The van der Waals surface area contributed by atoms with Crippen LogP contribution in [0.15, 0.2) is 16.6 Å². The highest BCUT2D eigenvalue weighted by Gasteiger charge is 2.19. The van der Waals surface area contributed by atoms with E-state index in [9.17, 15) is 14.4 Å². The number of aliphatic carboxylic acids is 1. The minimum atomic E-state index is -1.15. The molecule has 0 unspecified atom stereocenters. The summed E-state index contributed by atoms with van der Waals surface area (Å²) in [5.74, 6) is -0.722. The van der Waals surface area contributed by atoms with Gasteiger partial charge in [0.1, 0.15) is 23.6 Å². The third-order valence-electron chi connectivity index (χ3n) is 4.57. The van der Waals surface area contributed by atoms with Crippen LogP contribution in [0.4, 0.5) is 0 Å². The Bertz CT molecular complexity index is 987. The minimum Gasteiger partial charge on any atom is -0.493 e. The fourth-order valence-electron chi connectivity index (χ4n) is 2.96. The molecule has 156 valence electrons. The third kappa shape index (κ3) is 5.16. The van der Waals surface area contributed by atoms with E-state index in [0.717, 1.165) is 33.4 Å². The van der Waals surface area contributed by atoms with E-state index in [1.807, 2.05) is 33.8 Å². The van der Waals surface area contributed by atoms with Crippen LogP contribution in [-0.2, 0) is 14.4 Å². The number of furan rings is 1. The molecule has 8 nitrogen and oxygen atoms in total. The van der Waals surface area contributed by atoms with Crippen molar-refractivity contribution >= 4 is 34.3 Å². The maximum Gasteiger partial charge on any atom is 0.322 e. The van der Waals surface area contributed by atoms with E-state index in [0.29, 0.717) is 17.9 Å². The number of hydrogen-bond donors (Lipinski definition) is 3. The molecule has 2 rings (SSSR count). The Labute approximate surface area is 168 Å². The van der Waals surface area contributed by atoms with Gasteiger partial charge in [-0.05, 0) is 51.8 Å². The average Bonchev–Trinajstić information content (AvgIpc) is 2.95. The second-order valence-corrected chi connectivity index (χ2v) is 6.69. The number of rotatable bonds is 8. The van der Waals surface area contributed by atoms with Crippen LogP contribution in [0, 0.1) is 20.8 Å². The number of allylic oxidation sites excluding steroid dienone is 1. The zero-order valence-corrected chi connectivity index (χ0v) is 17.3. The van der Waals surface area contributed by atoms with Crippen molar-refractivity contribution in [1.82, 2.24) is 10.6 Å². The van der Waals surface area contributed by atoms with Gasteiger partial charge in [0, 0.05) is 22.6 Å². The Balaban J connectivity index is 2.28. The standard InChI is InChI=1S/C21H26N2O6/c1-6-28-20-13(4)21-16(12(3)14(5)29-21)8-15(20)11(2)7-17(24)22-9-18(25)23-10-19(26)27/h7-8H,6,9-10H2,1-5H3,(H,22,24)(H,23,25)(H,26,27)/b11-7+. The largest absolute Gasteiger partial charge is 0.493 e. The fourth-order valence-corrected chi connectivity index (χ4v) is 2.96. The van der Waals surface area contributed by atoms with Gasteiger partial charge in [-0.2, -0.15) is 0 Å². The summed E-state index contributed by atoms with van der Waals surface area (Å²) in [5.41, 5.74) is 4.09. The summed E-state index contributed by atoms with van der Waals surface area (Å²) in [6, 6.07) is 1.94. The number of carbonyl (C=O) groups is 3. The maximum atomic E-state index is 12.2. The molecule has 0 atom stereocenters. The van der Waals surface area contributed by atoms with Crippen LogP contribution in [0.5, 0.6) is 5.75 Å². The lowest BCUT2D eigenvalue weighted by Gasteiger charge is -2.14. The van der Waals surface area contributed by atoms with Crippen molar-refractivity contribution in [2.45, 2.75) is 34.6 Å². The molecule has 0 aliphatic rings. The van der Waals surface area contributed by atoms with Gasteiger partial charge in [-0.25, -0.2) is 0 Å². The van der Waals surface area contributed by atoms with Crippen molar-refractivity contribution in [3.8, 4) is 5.75 Å². The number of nitrogens with one attached hydrogen (secondary N) is 2. The van der Waals surface area contributed by atoms with E-state index in [4.69, 9.17) is 14.3 Å². The Hall–Kier alpha value is -3.29. The highest BCUT2D eigenvalue weighted by Crippen LogP contribution is 2.38. The Morgan fingerprint density at radius 1 is 1.14 bits per heavy atom. The van der Waals surface area contributed by atoms with Gasteiger partial charge in [-0.1, -0.05) is 0 Å². The van der Waals surface area contributed by atoms with Gasteiger partial charge in [0.15, 0.2) is 0 Å². The molecule has 8 heteroatoms. The average molecular weight is 402 g/mol. The lowest BCUT2D eigenvalue weighted by molar-refractivity contribution is -0.137. The van der Waals surface area contributed by atoms with Crippen molar-refractivity contribution < 1.29 is 28.6 Å². The summed E-state index contributed by atoms with van der Waals surface area (Å²) < 4.78 is 11.7. The van der Waals surface area contributed by atoms with E-state index in [2.05, 4.69) is 10.6 Å². The Kier molecular flexibility index (Phi) is 7.03. The number of aryl methyl sites for hydroxylation is 3. The number of carboxylic acids is 1. The lowest BCUT2D eigenvalue weighted by Crippen LogP contribution is -2.38. The molecule has 0 saturated carbocycles. The van der Waals surface area contributed by atoms with Crippen LogP contribution >= 0.6 is 0 Å². The van der Waals surface area contributed by atoms with E-state index in [1.54, 1.807) is 6.92 Å². The molecule has 1 aromatic carbocycles. The van der Waals surface area contributed by atoms with Crippen LogP contribution < -0.4 is 15.4 Å². The van der Waals surface area contributed by atoms with Crippen molar-refractivity contribution in [1.29, 1.82) is 0 Å². The molecule has 0 radical (unpaired) electrons. The molecule has 29 heavy (non-hydrogen) atoms. The topological polar surface area (TPSA) is 118 Å². The molecule has 2 aromatic rings. The highest BCUT2D eigenvalue weighted by molar-refractivity contribution is 5.99. The van der Waals surface area contributed by atoms with Crippen LogP contribution in [0.3, 0.4) is 0 Å². The second kappa shape index (κ2) is 9.27. The molecule has 0 aliphatic heterocycles. The summed E-state index contributed by atoms with van der Waals surface area (Å²) in [6.45, 7) is 9.12. The number of hydrogen-bond acceptors (Lipinski definition) is 5. The normalized spacial score (nSPS) is 11.4. The Morgan fingerprint density at radius 2 is 1.83 bits per heavy atom. The summed E-state index contributed by atoms with van der Waals surface area (Å²) in [7, 11) is 0. The van der Waals surface area contributed by atoms with Gasteiger partial charge >= 0.3 is 5.97 Å². The smallest absolute Gasteiger partial charge is 0.322 e. The van der Waals surface area contributed by atoms with Crippen molar-refractivity contribution in [3.05, 3.63) is 34.6 Å². The lowest BCUT2D eigenvalue weighted by atomic mass is 9.98. The van der Waals surface area contributed by atoms with Crippen molar-refractivity contribution in [2.24, 2.45) is 0 Å². The molecule has 0 aliphatic carbocycles. The van der Waals surface area contributed by atoms with Crippen LogP contribution in [-0.4, -0.2) is 42.6 Å². The first kappa shape index (κ1) is 22.0. The molecular formula is C21H26N2O6. The zero-order chi connectivity index (χ0) is 21.7. The predicted molar refractivity (Wildman–Crippen MR) is 109 cm³/mol. The summed E-state index contributed by atoms with van der Waals surface area (Å²) in [4.78, 5) is 34.2. The molecule has 3 N–H and O–H groups in total. The monoisotopic (exact) mass is 402 g/mol. The minimum absolute atomic E-state index is 0.313. The van der Waals surface area contributed by atoms with Gasteiger partial charge in [0.25, 0.3) is 0 Å². The highest BCUT2D eigenvalue weighted by atomic mass is 16.5. The van der Waals surface area contributed by atoms with E-state index < -0.39 is 24.3 Å². The quantitative estimate of drug-likeness (QED) is 0.584. The summed E-state index contributed by atoms with van der Waals surface area (Å²) >= 11 is 0. The first-order chi connectivity index (χ1) is 13.6. The number of fused-ring (bicyclic) bond motifs is 1. The summed E-state index contributed by atoms with van der Waals surface area (Å²) in [6.07, 6.45) is 1.38. The fraction of sp³-hybridized carbons (Fsp3) is 0.381. The van der Waals surface area contributed by atoms with Gasteiger partial charge in [0.2, 0.25) is 11.8 Å². The van der Waals surface area contributed by atoms with Gasteiger partial charge in [0.05, 0.1) is 13.2 Å². The number of carboxylic acid groups (broad SMARTS) is 1. The van der Waals surface area contributed by atoms with Crippen molar-refractivity contribution in [3.63, 3.8) is 0 Å². The molecule has 0 spiro atoms. The predicted octanol–water partition coefficient (Wildman–Crippen LogP) is 2.48. The van der Waals surface area contributed by atoms with Crippen LogP contribution in [0.25, 0.3) is 16.5 Å². The van der Waals surface area contributed by atoms with Gasteiger partial charge in [-0.15, -0.1) is 0 Å². The number of ether oxygens (including phenoxy) is 1. The van der Waals surface area contributed by atoms with Crippen LogP contribution in [0.2, 0.25) is 0 Å². The number of carbonyl (C=O) groups excluding carboxylic acids is 2. The molecule has 0 bridgehead atoms. The maximum absolute atomic E-state index is 12.2. The molecule has 2 amide bonds. The Morgan fingerprint density at radius 3 is 2.45 bits per heavy atom. The number of benzene rings is 1. The molecule has 1 aromatic heterocycles. The van der Waals surface area contributed by atoms with Crippen LogP contribution in [0.1, 0.15) is 36.3 Å². The molecular weight excluding hydrogens is 376 g/mol. The van der Waals surface area contributed by atoms with E-state index >= 15 is 0 Å². The summed E-state index contributed by atoms with van der Waals surface area (Å²) in [5, 5.41) is 14.1. The second-order valence-electron chi connectivity index (χ2n) is 6.69. The number of amides is 2. The van der Waals surface area contributed by atoms with Crippen molar-refractivity contribution in [2.75, 3.05) is 19.7 Å². The van der Waals surface area contributed by atoms with Gasteiger partial charge < -0.3 is 24.9 Å². The SMILES string of the molecule is CCOc1c(/C(C)=C/C(=O)NCC(=O)NCC(=O)O)cc2c(C)c(C)oc2c1C. The third-order valence-corrected chi connectivity index (χ3v) is 4.57. The molecule has 0 fully saturated rings. The van der Waals surface area contributed by atoms with Gasteiger partial charge in [-0.3, -0.25) is 14.4 Å². The van der Waals surface area contributed by atoms with E-state index in [1.165, 1.54) is 6.08 Å². The zero-order valence-electron chi connectivity index (χ0n) is 17.3. The van der Waals surface area contributed by atoms with E-state index in [-0.39, 0.29) is 6.54 Å². The molecule has 0 saturated heterocycles. The first-order valence-electron chi connectivity index (χ1n) is 9.26. The molecule has 1 heterocycles.